The SMILES string of the molecule is CCc1nc(OC)cc2ccc(CC(=O)O)cc12. The van der Waals surface area contributed by atoms with Gasteiger partial charge in [0.1, 0.15) is 0 Å². The Kier molecular flexibility index (Phi) is 3.46. The summed E-state index contributed by atoms with van der Waals surface area (Å²) >= 11 is 0. The molecule has 94 valence electrons. The number of hydrogen-bond donors (Lipinski definition) is 1. The lowest BCUT2D eigenvalue weighted by atomic mass is 10.0. The topological polar surface area (TPSA) is 59.4 Å². The van der Waals surface area contributed by atoms with E-state index in [4.69, 9.17) is 9.84 Å². The molecule has 1 N–H and O–H groups in total. The van der Waals surface area contributed by atoms with E-state index in [0.29, 0.717) is 5.88 Å². The molecule has 0 aliphatic rings. The first-order valence-corrected chi connectivity index (χ1v) is 5.82. The third kappa shape index (κ3) is 2.42. The maximum Gasteiger partial charge on any atom is 0.307 e. The van der Waals surface area contributed by atoms with Crippen LogP contribution >= 0.6 is 0 Å². The van der Waals surface area contributed by atoms with E-state index in [-0.39, 0.29) is 6.42 Å². The Morgan fingerprint density at radius 1 is 1.39 bits per heavy atom. The molecule has 0 radical (unpaired) electrons. The van der Waals surface area contributed by atoms with Crippen LogP contribution in [0.4, 0.5) is 0 Å². The Balaban J connectivity index is 2.57. The number of aryl methyl sites for hydroxylation is 1. The molecule has 0 aliphatic carbocycles. The number of benzene rings is 1. The van der Waals surface area contributed by atoms with Crippen molar-refractivity contribution in [3.63, 3.8) is 0 Å². The van der Waals surface area contributed by atoms with Gasteiger partial charge in [0.15, 0.2) is 0 Å². The van der Waals surface area contributed by atoms with Crippen LogP contribution in [-0.4, -0.2) is 23.2 Å². The lowest BCUT2D eigenvalue weighted by molar-refractivity contribution is -0.136. The number of hydrogen-bond acceptors (Lipinski definition) is 3. The Morgan fingerprint density at radius 2 is 2.17 bits per heavy atom. The minimum atomic E-state index is -0.825. The van der Waals surface area contributed by atoms with Gasteiger partial charge < -0.3 is 9.84 Å². The first-order chi connectivity index (χ1) is 8.63. The van der Waals surface area contributed by atoms with Crippen LogP contribution in [0.1, 0.15) is 18.2 Å². The highest BCUT2D eigenvalue weighted by molar-refractivity contribution is 5.87. The number of carboxylic acid groups (broad SMARTS) is 1. The number of methoxy groups -OCH3 is 1. The van der Waals surface area contributed by atoms with Gasteiger partial charge in [0.2, 0.25) is 5.88 Å². The molecular weight excluding hydrogens is 230 g/mol. The third-order valence-electron chi connectivity index (χ3n) is 2.85. The predicted molar refractivity (Wildman–Crippen MR) is 69.0 cm³/mol. The molecule has 2 aromatic rings. The van der Waals surface area contributed by atoms with Crippen molar-refractivity contribution < 1.29 is 14.6 Å². The van der Waals surface area contributed by atoms with E-state index >= 15 is 0 Å². The van der Waals surface area contributed by atoms with Crippen molar-refractivity contribution >= 4 is 16.7 Å². The van der Waals surface area contributed by atoms with Gasteiger partial charge in [-0.05, 0) is 23.4 Å². The lowest BCUT2D eigenvalue weighted by Gasteiger charge is -2.08. The van der Waals surface area contributed by atoms with Gasteiger partial charge in [-0.15, -0.1) is 0 Å². The normalized spacial score (nSPS) is 10.6. The number of aliphatic carboxylic acids is 1. The molecule has 0 atom stereocenters. The fourth-order valence-electron chi connectivity index (χ4n) is 2.00. The highest BCUT2D eigenvalue weighted by atomic mass is 16.5. The van der Waals surface area contributed by atoms with Crippen LogP contribution in [0.5, 0.6) is 5.88 Å². The molecule has 0 unspecified atom stereocenters. The monoisotopic (exact) mass is 245 g/mol. The Hall–Kier alpha value is -2.10. The standard InChI is InChI=1S/C14H15NO3/c1-3-12-11-6-9(7-14(16)17)4-5-10(11)8-13(15-12)18-2/h4-6,8H,3,7H2,1-2H3,(H,16,17). The average molecular weight is 245 g/mol. The molecule has 1 aromatic carbocycles. The van der Waals surface area contributed by atoms with Crippen LogP contribution in [0.2, 0.25) is 0 Å². The number of nitrogens with zero attached hydrogens (tertiary/aromatic N) is 1. The second-order valence-electron chi connectivity index (χ2n) is 4.09. The van der Waals surface area contributed by atoms with Crippen molar-refractivity contribution in [2.45, 2.75) is 19.8 Å². The number of pyridine rings is 1. The van der Waals surface area contributed by atoms with Gasteiger partial charge in [-0.1, -0.05) is 19.1 Å². The Morgan fingerprint density at radius 3 is 2.78 bits per heavy atom. The van der Waals surface area contributed by atoms with Crippen molar-refractivity contribution in [2.24, 2.45) is 0 Å². The zero-order valence-electron chi connectivity index (χ0n) is 10.4. The molecule has 0 aliphatic heterocycles. The van der Waals surface area contributed by atoms with E-state index in [2.05, 4.69) is 4.98 Å². The molecule has 0 bridgehead atoms. The van der Waals surface area contributed by atoms with E-state index in [9.17, 15) is 4.79 Å². The van der Waals surface area contributed by atoms with Crippen molar-refractivity contribution in [3.8, 4) is 5.88 Å². The van der Waals surface area contributed by atoms with Crippen molar-refractivity contribution in [3.05, 3.63) is 35.5 Å². The zero-order valence-corrected chi connectivity index (χ0v) is 10.4. The number of fused-ring (bicyclic) bond motifs is 1. The summed E-state index contributed by atoms with van der Waals surface area (Å²) in [7, 11) is 1.59. The lowest BCUT2D eigenvalue weighted by Crippen LogP contribution is -2.01. The van der Waals surface area contributed by atoms with Gasteiger partial charge in [-0.3, -0.25) is 4.79 Å². The molecule has 4 heteroatoms. The Labute approximate surface area is 105 Å². The molecule has 4 nitrogen and oxygen atoms in total. The molecule has 0 saturated carbocycles. The van der Waals surface area contributed by atoms with E-state index in [1.165, 1.54) is 0 Å². The van der Waals surface area contributed by atoms with Crippen LogP contribution < -0.4 is 4.74 Å². The smallest absolute Gasteiger partial charge is 0.307 e. The van der Waals surface area contributed by atoms with Crippen LogP contribution in [0.15, 0.2) is 24.3 Å². The minimum absolute atomic E-state index is 0.0329. The highest BCUT2D eigenvalue weighted by Gasteiger charge is 2.07. The van der Waals surface area contributed by atoms with Gasteiger partial charge in [0.25, 0.3) is 0 Å². The predicted octanol–water partition coefficient (Wildman–Crippen LogP) is 2.43. The molecule has 0 fully saturated rings. The van der Waals surface area contributed by atoms with E-state index < -0.39 is 5.97 Å². The third-order valence-corrected chi connectivity index (χ3v) is 2.85. The molecule has 18 heavy (non-hydrogen) atoms. The maximum absolute atomic E-state index is 10.7. The summed E-state index contributed by atoms with van der Waals surface area (Å²) in [5.41, 5.74) is 1.72. The summed E-state index contributed by atoms with van der Waals surface area (Å²) in [6, 6.07) is 7.50. The summed E-state index contributed by atoms with van der Waals surface area (Å²) in [4.78, 5) is 15.1. The molecule has 0 spiro atoms. The second kappa shape index (κ2) is 5.04. The van der Waals surface area contributed by atoms with Crippen LogP contribution in [0.3, 0.4) is 0 Å². The average Bonchev–Trinajstić information content (AvgIpc) is 2.36. The summed E-state index contributed by atoms with van der Waals surface area (Å²) in [6.45, 7) is 2.02. The minimum Gasteiger partial charge on any atom is -0.481 e. The van der Waals surface area contributed by atoms with Gasteiger partial charge in [0.05, 0.1) is 19.2 Å². The summed E-state index contributed by atoms with van der Waals surface area (Å²) in [5, 5.41) is 10.8. The van der Waals surface area contributed by atoms with Gasteiger partial charge in [-0.25, -0.2) is 4.98 Å². The second-order valence-corrected chi connectivity index (χ2v) is 4.09. The van der Waals surface area contributed by atoms with Crippen LogP contribution in [0.25, 0.3) is 10.8 Å². The van der Waals surface area contributed by atoms with Crippen molar-refractivity contribution in [1.82, 2.24) is 4.98 Å². The summed E-state index contributed by atoms with van der Waals surface area (Å²) in [5.74, 6) is -0.237. The molecule has 1 heterocycles. The fourth-order valence-corrected chi connectivity index (χ4v) is 2.00. The Bertz CT molecular complexity index is 593. The van der Waals surface area contributed by atoms with E-state index in [1.807, 2.05) is 31.2 Å². The number of carboxylic acids is 1. The quantitative estimate of drug-likeness (QED) is 0.898. The van der Waals surface area contributed by atoms with Crippen LogP contribution in [-0.2, 0) is 17.6 Å². The van der Waals surface area contributed by atoms with E-state index in [0.717, 1.165) is 28.5 Å². The van der Waals surface area contributed by atoms with Crippen molar-refractivity contribution in [2.75, 3.05) is 7.11 Å². The van der Waals surface area contributed by atoms with Crippen LogP contribution in [0, 0.1) is 0 Å². The number of carbonyl (C=O) groups is 1. The first-order valence-electron chi connectivity index (χ1n) is 5.82. The molecular formula is C14H15NO3. The number of rotatable bonds is 4. The summed E-state index contributed by atoms with van der Waals surface area (Å²) in [6.07, 6.45) is 0.815. The molecule has 2 rings (SSSR count). The van der Waals surface area contributed by atoms with E-state index in [1.54, 1.807) is 7.11 Å². The number of aromatic nitrogens is 1. The summed E-state index contributed by atoms with van der Waals surface area (Å²) < 4.78 is 5.15. The molecule has 0 amide bonds. The van der Waals surface area contributed by atoms with Gasteiger partial charge in [0, 0.05) is 11.5 Å². The zero-order chi connectivity index (χ0) is 13.1. The highest BCUT2D eigenvalue weighted by Crippen LogP contribution is 2.24. The largest absolute Gasteiger partial charge is 0.481 e. The molecule has 1 aromatic heterocycles. The van der Waals surface area contributed by atoms with Gasteiger partial charge in [-0.2, -0.15) is 0 Å². The molecule has 0 saturated heterocycles. The fraction of sp³-hybridized carbons (Fsp3) is 0.286. The first kappa shape index (κ1) is 12.4. The van der Waals surface area contributed by atoms with Crippen molar-refractivity contribution in [1.29, 1.82) is 0 Å². The maximum atomic E-state index is 10.7. The number of ether oxygens (including phenoxy) is 1. The van der Waals surface area contributed by atoms with Gasteiger partial charge >= 0.3 is 5.97 Å².